The van der Waals surface area contributed by atoms with Gasteiger partial charge in [-0.15, -0.1) is 0 Å². The van der Waals surface area contributed by atoms with E-state index in [4.69, 9.17) is 4.42 Å². The zero-order chi connectivity index (χ0) is 17.2. The monoisotopic (exact) mass is 352 g/mol. The van der Waals surface area contributed by atoms with Crippen LogP contribution in [0.5, 0.6) is 0 Å². The molecule has 0 unspecified atom stereocenters. The fraction of sp³-hybridized carbons (Fsp3) is 0.412. The van der Waals surface area contributed by atoms with Gasteiger partial charge >= 0.3 is 0 Å². The Hall–Kier alpha value is -1.70. The topological polar surface area (TPSA) is 62.6 Å². The van der Waals surface area contributed by atoms with Gasteiger partial charge < -0.3 is 4.42 Å². The Morgan fingerprint density at radius 2 is 1.92 bits per heavy atom. The lowest BCUT2D eigenvalue weighted by atomic mass is 10.1. The van der Waals surface area contributed by atoms with Gasteiger partial charge in [0, 0.05) is 19.1 Å². The molecule has 0 bridgehead atoms. The normalized spacial score (nSPS) is 17.2. The molecule has 130 valence electrons. The molecule has 3 rings (SSSR count). The number of rotatable bonds is 5. The summed E-state index contributed by atoms with van der Waals surface area (Å²) in [5, 5.41) is 0. The van der Waals surface area contributed by atoms with Gasteiger partial charge in [-0.1, -0.05) is 12.1 Å². The lowest BCUT2D eigenvalue weighted by Crippen LogP contribution is -2.43. The molecule has 1 aliphatic heterocycles. The van der Waals surface area contributed by atoms with Gasteiger partial charge in [-0.25, -0.2) is 17.5 Å². The number of hydrogen-bond donors (Lipinski definition) is 1. The quantitative estimate of drug-likeness (QED) is 0.898. The van der Waals surface area contributed by atoms with Crippen molar-refractivity contribution in [1.29, 1.82) is 0 Å². The Morgan fingerprint density at radius 3 is 2.58 bits per heavy atom. The van der Waals surface area contributed by atoms with Crippen LogP contribution in [-0.4, -0.2) is 38.7 Å². The Balaban J connectivity index is 1.58. The van der Waals surface area contributed by atoms with Gasteiger partial charge in [-0.3, -0.25) is 4.90 Å². The van der Waals surface area contributed by atoms with Crippen molar-refractivity contribution in [3.8, 4) is 11.3 Å². The van der Waals surface area contributed by atoms with Crippen molar-refractivity contribution in [2.24, 2.45) is 0 Å². The molecule has 1 fully saturated rings. The van der Waals surface area contributed by atoms with Crippen LogP contribution in [0.1, 0.15) is 18.6 Å². The van der Waals surface area contributed by atoms with E-state index in [1.54, 1.807) is 24.3 Å². The number of nitrogens with zero attached hydrogens (tertiary/aromatic N) is 1. The van der Waals surface area contributed by atoms with Crippen LogP contribution in [0.25, 0.3) is 11.3 Å². The van der Waals surface area contributed by atoms with E-state index in [2.05, 4.69) is 9.62 Å². The third-order valence-electron chi connectivity index (χ3n) is 4.15. The second-order valence-corrected chi connectivity index (χ2v) is 7.97. The third kappa shape index (κ3) is 4.43. The molecule has 1 N–H and O–H groups in total. The minimum absolute atomic E-state index is 0.00169. The summed E-state index contributed by atoms with van der Waals surface area (Å²) in [6.07, 6.45) is 2.73. The van der Waals surface area contributed by atoms with E-state index >= 15 is 0 Å². The maximum absolute atomic E-state index is 13.8. The van der Waals surface area contributed by atoms with Crippen LogP contribution in [0, 0.1) is 5.82 Å². The van der Waals surface area contributed by atoms with Crippen molar-refractivity contribution in [2.45, 2.75) is 25.4 Å². The summed E-state index contributed by atoms with van der Waals surface area (Å²) in [5.41, 5.74) is 0.458. The first-order valence-corrected chi connectivity index (χ1v) is 9.83. The summed E-state index contributed by atoms with van der Waals surface area (Å²) < 4.78 is 44.8. The summed E-state index contributed by atoms with van der Waals surface area (Å²) in [6.45, 7) is 2.23. The maximum atomic E-state index is 13.8. The second-order valence-electron chi connectivity index (χ2n) is 6.19. The first kappa shape index (κ1) is 17.1. The molecule has 5 nitrogen and oxygen atoms in total. The molecule has 0 aliphatic carbocycles. The zero-order valence-electron chi connectivity index (χ0n) is 13.5. The van der Waals surface area contributed by atoms with Gasteiger partial charge in [0.05, 0.1) is 18.4 Å². The van der Waals surface area contributed by atoms with Gasteiger partial charge in [0.15, 0.2) is 0 Å². The van der Waals surface area contributed by atoms with Crippen molar-refractivity contribution < 1.29 is 17.2 Å². The van der Waals surface area contributed by atoms with Crippen LogP contribution in [-0.2, 0) is 16.6 Å². The standard InChI is InChI=1S/C17H21FN2O3S/c1-24(21,22)19-13-8-10-20(11-9-13)12-14-6-7-17(23-14)15-4-2-3-5-16(15)18/h2-7,13,19H,8-12H2,1H3. The Labute approximate surface area is 141 Å². The number of sulfonamides is 1. The van der Waals surface area contributed by atoms with Gasteiger partial charge in [0.2, 0.25) is 10.0 Å². The van der Waals surface area contributed by atoms with Crippen LogP contribution in [0.2, 0.25) is 0 Å². The third-order valence-corrected chi connectivity index (χ3v) is 4.91. The fourth-order valence-electron chi connectivity index (χ4n) is 3.00. The summed E-state index contributed by atoms with van der Waals surface area (Å²) >= 11 is 0. The van der Waals surface area contributed by atoms with Gasteiger partial charge in [0.1, 0.15) is 17.3 Å². The van der Waals surface area contributed by atoms with Crippen LogP contribution in [0.15, 0.2) is 40.8 Å². The lowest BCUT2D eigenvalue weighted by molar-refractivity contribution is 0.187. The van der Waals surface area contributed by atoms with Crippen molar-refractivity contribution in [3.05, 3.63) is 48.0 Å². The van der Waals surface area contributed by atoms with Crippen molar-refractivity contribution in [1.82, 2.24) is 9.62 Å². The molecule has 0 amide bonds. The molecule has 1 saturated heterocycles. The summed E-state index contributed by atoms with van der Waals surface area (Å²) in [7, 11) is -3.15. The van der Waals surface area contributed by atoms with Crippen LogP contribution in [0.3, 0.4) is 0 Å². The molecule has 2 aromatic rings. The fourth-order valence-corrected chi connectivity index (χ4v) is 3.84. The van der Waals surface area contributed by atoms with E-state index in [1.807, 2.05) is 6.07 Å². The maximum Gasteiger partial charge on any atom is 0.208 e. The average Bonchev–Trinajstić information content (AvgIpc) is 2.96. The van der Waals surface area contributed by atoms with Crippen molar-refractivity contribution in [2.75, 3.05) is 19.3 Å². The van der Waals surface area contributed by atoms with Crippen LogP contribution >= 0.6 is 0 Å². The Morgan fingerprint density at radius 1 is 1.21 bits per heavy atom. The molecule has 1 aromatic carbocycles. The van der Waals surface area contributed by atoms with Crippen LogP contribution < -0.4 is 4.72 Å². The zero-order valence-corrected chi connectivity index (χ0v) is 14.4. The van der Waals surface area contributed by atoms with E-state index in [0.717, 1.165) is 31.7 Å². The van der Waals surface area contributed by atoms with E-state index in [-0.39, 0.29) is 11.9 Å². The summed E-state index contributed by atoms with van der Waals surface area (Å²) in [6, 6.07) is 10.2. The number of piperidine rings is 1. The molecule has 1 aliphatic rings. The molecular weight excluding hydrogens is 331 g/mol. The number of hydrogen-bond acceptors (Lipinski definition) is 4. The minimum Gasteiger partial charge on any atom is -0.460 e. The Bertz CT molecular complexity index is 796. The molecular formula is C17H21FN2O3S. The van der Waals surface area contributed by atoms with Gasteiger partial charge in [-0.05, 0) is 37.1 Å². The largest absolute Gasteiger partial charge is 0.460 e. The van der Waals surface area contributed by atoms with E-state index in [9.17, 15) is 12.8 Å². The van der Waals surface area contributed by atoms with Crippen molar-refractivity contribution >= 4 is 10.0 Å². The molecule has 0 atom stereocenters. The highest BCUT2D eigenvalue weighted by atomic mass is 32.2. The number of furan rings is 1. The molecule has 24 heavy (non-hydrogen) atoms. The summed E-state index contributed by atoms with van der Waals surface area (Å²) in [5.74, 6) is 1.01. The number of likely N-dealkylation sites (tertiary alicyclic amines) is 1. The van der Waals surface area contributed by atoms with E-state index in [0.29, 0.717) is 17.9 Å². The highest BCUT2D eigenvalue weighted by molar-refractivity contribution is 7.88. The molecule has 2 heterocycles. The van der Waals surface area contributed by atoms with Crippen molar-refractivity contribution in [3.63, 3.8) is 0 Å². The Kier molecular flexibility index (Phi) is 5.03. The van der Waals surface area contributed by atoms with Crippen LogP contribution in [0.4, 0.5) is 4.39 Å². The van der Waals surface area contributed by atoms with E-state index < -0.39 is 10.0 Å². The first-order valence-electron chi connectivity index (χ1n) is 7.94. The highest BCUT2D eigenvalue weighted by Gasteiger charge is 2.22. The molecule has 1 aromatic heterocycles. The van der Waals surface area contributed by atoms with Gasteiger partial charge in [-0.2, -0.15) is 0 Å². The second kappa shape index (κ2) is 7.04. The lowest BCUT2D eigenvalue weighted by Gasteiger charge is -2.31. The van der Waals surface area contributed by atoms with Gasteiger partial charge in [0.25, 0.3) is 0 Å². The number of halogens is 1. The van der Waals surface area contributed by atoms with E-state index in [1.165, 1.54) is 12.3 Å². The summed E-state index contributed by atoms with van der Waals surface area (Å²) in [4.78, 5) is 2.21. The SMILES string of the molecule is CS(=O)(=O)NC1CCN(Cc2ccc(-c3ccccc3F)o2)CC1. The average molecular weight is 352 g/mol. The highest BCUT2D eigenvalue weighted by Crippen LogP contribution is 2.25. The predicted octanol–water partition coefficient (Wildman–Crippen LogP) is 2.60. The minimum atomic E-state index is -3.15. The molecule has 0 saturated carbocycles. The molecule has 7 heteroatoms. The first-order chi connectivity index (χ1) is 11.4. The number of benzene rings is 1. The molecule has 0 spiro atoms. The predicted molar refractivity (Wildman–Crippen MR) is 90.4 cm³/mol. The smallest absolute Gasteiger partial charge is 0.208 e. The number of nitrogens with one attached hydrogen (secondary N) is 1. The molecule has 0 radical (unpaired) electrons.